The Labute approximate surface area is 189 Å². The van der Waals surface area contributed by atoms with Gasteiger partial charge < -0.3 is 14.8 Å². The summed E-state index contributed by atoms with van der Waals surface area (Å²) in [6, 6.07) is 23.4. The molecular weight excluding hydrogens is 396 g/mol. The molecule has 3 atom stereocenters. The van der Waals surface area contributed by atoms with Crippen LogP contribution in [0, 0.1) is 5.92 Å². The molecule has 3 aromatic carbocycles. The van der Waals surface area contributed by atoms with Crippen molar-refractivity contribution in [3.63, 3.8) is 0 Å². The predicted molar refractivity (Wildman–Crippen MR) is 131 cm³/mol. The first kappa shape index (κ1) is 20.4. The van der Waals surface area contributed by atoms with Crippen LogP contribution in [0.3, 0.4) is 0 Å². The van der Waals surface area contributed by atoms with E-state index in [4.69, 9.17) is 9.47 Å². The standard InChI is InChI=1S/C28H28N2O2/c1-3-32-26-16-11-19(17-27(26)31-2)18-29-21-14-12-20(13-15-21)28-24-9-6-8-22(24)23-7-4-5-10-25(23)30-28/h4-8,10-18,22,24,28,30H,3,9H2,1-2H3/t22-,24+,28-/m0/s1. The lowest BCUT2D eigenvalue weighted by Crippen LogP contribution is -2.28. The van der Waals surface area contributed by atoms with E-state index >= 15 is 0 Å². The fraction of sp³-hybridized carbons (Fsp3) is 0.250. The number of benzene rings is 3. The molecule has 4 heteroatoms. The molecule has 0 fully saturated rings. The van der Waals surface area contributed by atoms with Gasteiger partial charge >= 0.3 is 0 Å². The number of aliphatic imine (C=N–C) groups is 1. The fourth-order valence-corrected chi connectivity index (χ4v) is 4.83. The zero-order valence-corrected chi connectivity index (χ0v) is 18.5. The first-order valence-corrected chi connectivity index (χ1v) is 11.2. The maximum Gasteiger partial charge on any atom is 0.161 e. The average Bonchev–Trinajstić information content (AvgIpc) is 3.34. The molecule has 0 saturated carbocycles. The molecule has 0 amide bonds. The smallest absolute Gasteiger partial charge is 0.161 e. The van der Waals surface area contributed by atoms with Gasteiger partial charge in [-0.25, -0.2) is 0 Å². The fourth-order valence-electron chi connectivity index (χ4n) is 4.83. The van der Waals surface area contributed by atoms with Crippen LogP contribution in [0.5, 0.6) is 11.5 Å². The number of nitrogens with one attached hydrogen (secondary N) is 1. The van der Waals surface area contributed by atoms with Crippen molar-refractivity contribution in [3.05, 3.63) is 95.6 Å². The number of nitrogens with zero attached hydrogens (tertiary/aromatic N) is 1. The zero-order chi connectivity index (χ0) is 21.9. The molecule has 0 unspecified atom stereocenters. The molecule has 5 rings (SSSR count). The van der Waals surface area contributed by atoms with Gasteiger partial charge in [0.25, 0.3) is 0 Å². The van der Waals surface area contributed by atoms with Crippen LogP contribution >= 0.6 is 0 Å². The van der Waals surface area contributed by atoms with Gasteiger partial charge in [-0.15, -0.1) is 0 Å². The van der Waals surface area contributed by atoms with E-state index in [-0.39, 0.29) is 0 Å². The molecule has 1 aliphatic carbocycles. The summed E-state index contributed by atoms with van der Waals surface area (Å²) in [4.78, 5) is 4.66. The van der Waals surface area contributed by atoms with Gasteiger partial charge in [-0.1, -0.05) is 42.5 Å². The Morgan fingerprint density at radius 2 is 1.88 bits per heavy atom. The predicted octanol–water partition coefficient (Wildman–Crippen LogP) is 6.67. The molecule has 0 spiro atoms. The van der Waals surface area contributed by atoms with E-state index in [0.717, 1.165) is 29.2 Å². The summed E-state index contributed by atoms with van der Waals surface area (Å²) in [5.74, 6) is 2.51. The zero-order valence-electron chi connectivity index (χ0n) is 18.5. The molecule has 0 radical (unpaired) electrons. The highest BCUT2D eigenvalue weighted by molar-refractivity contribution is 5.83. The number of hydrogen-bond acceptors (Lipinski definition) is 4. The first-order chi connectivity index (χ1) is 15.8. The molecule has 1 heterocycles. The van der Waals surface area contributed by atoms with Crippen LogP contribution in [-0.4, -0.2) is 19.9 Å². The van der Waals surface area contributed by atoms with Crippen molar-refractivity contribution < 1.29 is 9.47 Å². The van der Waals surface area contributed by atoms with E-state index in [0.29, 0.717) is 24.5 Å². The Morgan fingerprint density at radius 3 is 2.69 bits per heavy atom. The van der Waals surface area contributed by atoms with Crippen LogP contribution in [0.2, 0.25) is 0 Å². The van der Waals surface area contributed by atoms with Crippen molar-refractivity contribution in [2.75, 3.05) is 19.0 Å². The van der Waals surface area contributed by atoms with E-state index in [1.165, 1.54) is 16.8 Å². The summed E-state index contributed by atoms with van der Waals surface area (Å²) in [5, 5.41) is 3.79. The van der Waals surface area contributed by atoms with Gasteiger partial charge in [-0.3, -0.25) is 4.99 Å². The van der Waals surface area contributed by atoms with Gasteiger partial charge in [0.05, 0.1) is 25.4 Å². The molecule has 4 nitrogen and oxygen atoms in total. The monoisotopic (exact) mass is 424 g/mol. The van der Waals surface area contributed by atoms with Crippen LogP contribution in [0.1, 0.15) is 42.0 Å². The molecule has 0 bridgehead atoms. The number of methoxy groups -OCH3 is 1. The summed E-state index contributed by atoms with van der Waals surface area (Å²) in [5.41, 5.74) is 5.87. The van der Waals surface area contributed by atoms with Gasteiger partial charge in [0.1, 0.15) is 0 Å². The van der Waals surface area contributed by atoms with E-state index in [9.17, 15) is 0 Å². The van der Waals surface area contributed by atoms with E-state index in [1.54, 1.807) is 7.11 Å². The highest BCUT2D eigenvalue weighted by atomic mass is 16.5. The lowest BCUT2D eigenvalue weighted by molar-refractivity contribution is 0.311. The third-order valence-corrected chi connectivity index (χ3v) is 6.37. The summed E-state index contributed by atoms with van der Waals surface area (Å²) < 4.78 is 11.0. The molecule has 2 aliphatic rings. The van der Waals surface area contributed by atoms with Crippen LogP contribution in [-0.2, 0) is 0 Å². The van der Waals surface area contributed by atoms with Gasteiger partial charge in [-0.2, -0.15) is 0 Å². The number of hydrogen-bond donors (Lipinski definition) is 1. The van der Waals surface area contributed by atoms with Crippen molar-refractivity contribution in [1.29, 1.82) is 0 Å². The minimum Gasteiger partial charge on any atom is -0.493 e. The Kier molecular flexibility index (Phi) is 5.68. The van der Waals surface area contributed by atoms with Crippen molar-refractivity contribution in [2.24, 2.45) is 10.9 Å². The van der Waals surface area contributed by atoms with Crippen molar-refractivity contribution in [1.82, 2.24) is 0 Å². The van der Waals surface area contributed by atoms with Crippen LogP contribution < -0.4 is 14.8 Å². The molecule has 0 saturated heterocycles. The van der Waals surface area contributed by atoms with Crippen LogP contribution in [0.4, 0.5) is 11.4 Å². The Balaban J connectivity index is 1.34. The molecule has 1 N–H and O–H groups in total. The van der Waals surface area contributed by atoms with Crippen molar-refractivity contribution >= 4 is 17.6 Å². The molecule has 0 aromatic heterocycles. The lowest BCUT2D eigenvalue weighted by Gasteiger charge is -2.37. The van der Waals surface area contributed by atoms with Crippen LogP contribution in [0.25, 0.3) is 0 Å². The third-order valence-electron chi connectivity index (χ3n) is 6.37. The van der Waals surface area contributed by atoms with Gasteiger partial charge in [0.2, 0.25) is 0 Å². The molecule has 3 aromatic rings. The topological polar surface area (TPSA) is 42.8 Å². The summed E-state index contributed by atoms with van der Waals surface area (Å²) in [6.07, 6.45) is 7.67. The first-order valence-electron chi connectivity index (χ1n) is 11.2. The Hall–Kier alpha value is -3.53. The number of fused-ring (bicyclic) bond motifs is 3. The number of rotatable bonds is 6. The van der Waals surface area contributed by atoms with E-state index < -0.39 is 0 Å². The van der Waals surface area contributed by atoms with Crippen LogP contribution in [0.15, 0.2) is 83.9 Å². The second-order valence-corrected chi connectivity index (χ2v) is 8.26. The maximum absolute atomic E-state index is 5.59. The largest absolute Gasteiger partial charge is 0.493 e. The molecule has 162 valence electrons. The van der Waals surface area contributed by atoms with Gasteiger partial charge in [0.15, 0.2) is 11.5 Å². The maximum atomic E-state index is 5.59. The normalized spacial score (nSPS) is 21.1. The summed E-state index contributed by atoms with van der Waals surface area (Å²) >= 11 is 0. The molecule has 1 aliphatic heterocycles. The number of para-hydroxylation sites is 1. The highest BCUT2D eigenvalue weighted by Gasteiger charge is 2.37. The SMILES string of the molecule is CCOc1ccc(C=Nc2ccc([C@@H]3Nc4ccccc4[C@@H]4C=CC[C@H]43)cc2)cc1OC. The average molecular weight is 425 g/mol. The van der Waals surface area contributed by atoms with Gasteiger partial charge in [-0.05, 0) is 72.4 Å². The Bertz CT molecular complexity index is 1150. The van der Waals surface area contributed by atoms with Crippen molar-refractivity contribution in [3.8, 4) is 11.5 Å². The lowest BCUT2D eigenvalue weighted by atomic mass is 9.77. The van der Waals surface area contributed by atoms with E-state index in [2.05, 4.69) is 71.0 Å². The molecule has 32 heavy (non-hydrogen) atoms. The Morgan fingerprint density at radius 1 is 1.03 bits per heavy atom. The second-order valence-electron chi connectivity index (χ2n) is 8.26. The number of anilines is 1. The highest BCUT2D eigenvalue weighted by Crippen LogP contribution is 2.49. The number of ether oxygens (including phenoxy) is 2. The van der Waals surface area contributed by atoms with Crippen molar-refractivity contribution in [2.45, 2.75) is 25.3 Å². The third kappa shape index (κ3) is 3.89. The summed E-state index contributed by atoms with van der Waals surface area (Å²) in [6.45, 7) is 2.57. The summed E-state index contributed by atoms with van der Waals surface area (Å²) in [7, 11) is 1.65. The minimum atomic E-state index is 0.304. The van der Waals surface area contributed by atoms with E-state index in [1.807, 2.05) is 31.3 Å². The van der Waals surface area contributed by atoms with Gasteiger partial charge in [0, 0.05) is 17.8 Å². The molecular formula is C28H28N2O2. The quantitative estimate of drug-likeness (QED) is 0.355. The second kappa shape index (κ2) is 8.91. The number of allylic oxidation sites excluding steroid dienone is 2. The minimum absolute atomic E-state index is 0.304.